The Morgan fingerprint density at radius 3 is 2.50 bits per heavy atom. The first kappa shape index (κ1) is 10.8. The molecule has 0 bridgehead atoms. The summed E-state index contributed by atoms with van der Waals surface area (Å²) in [4.78, 5) is 2.16. The number of hydrogen-bond acceptors (Lipinski definition) is 2. The fourth-order valence-electron chi connectivity index (χ4n) is 1.22. The molecule has 0 amide bonds. The molecular weight excluding hydrogens is 174 g/mol. The van der Waals surface area contributed by atoms with E-state index < -0.39 is 0 Å². The van der Waals surface area contributed by atoms with Crippen LogP contribution in [-0.4, -0.2) is 27.3 Å². The maximum atomic E-state index is 5.02. The number of methoxy groups -OCH3 is 1. The van der Waals surface area contributed by atoms with E-state index in [2.05, 4.69) is 42.8 Å². The largest absolute Gasteiger partial charge is 0.383 e. The Hall–Kier alpha value is -1.28. The Morgan fingerprint density at radius 2 is 2.00 bits per heavy atom. The molecule has 0 saturated heterocycles. The van der Waals surface area contributed by atoms with Crippen molar-refractivity contribution in [3.63, 3.8) is 0 Å². The normalized spacial score (nSPS) is 9.86. The first-order valence-corrected chi connectivity index (χ1v) is 4.70. The number of ether oxygens (including phenoxy) is 1. The molecule has 0 heterocycles. The fourth-order valence-corrected chi connectivity index (χ4v) is 1.22. The van der Waals surface area contributed by atoms with Crippen molar-refractivity contribution in [2.75, 3.05) is 32.2 Å². The van der Waals surface area contributed by atoms with Gasteiger partial charge >= 0.3 is 0 Å². The molecule has 0 saturated carbocycles. The van der Waals surface area contributed by atoms with Gasteiger partial charge in [0.1, 0.15) is 0 Å². The molecule has 0 radical (unpaired) electrons. The molecule has 0 aliphatic rings. The number of anilines is 1. The molecule has 0 fully saturated rings. The number of hydrogen-bond donors (Lipinski definition) is 0. The van der Waals surface area contributed by atoms with Gasteiger partial charge in [-0.2, -0.15) is 0 Å². The Bertz CT molecular complexity index is 279. The van der Waals surface area contributed by atoms with Crippen molar-refractivity contribution < 1.29 is 4.74 Å². The molecule has 76 valence electrons. The van der Waals surface area contributed by atoms with Gasteiger partial charge in [0.05, 0.1) is 6.61 Å². The van der Waals surface area contributed by atoms with Crippen LogP contribution in [0.25, 0.3) is 6.08 Å². The quantitative estimate of drug-likeness (QED) is 0.708. The molecule has 0 aliphatic carbocycles. The van der Waals surface area contributed by atoms with Crippen molar-refractivity contribution in [2.24, 2.45) is 0 Å². The maximum absolute atomic E-state index is 5.02. The van der Waals surface area contributed by atoms with Gasteiger partial charge < -0.3 is 9.64 Å². The predicted octanol–water partition coefficient (Wildman–Crippen LogP) is 2.41. The third-order valence-electron chi connectivity index (χ3n) is 2.20. The highest BCUT2D eigenvalue weighted by Gasteiger charge is 1.98. The summed E-state index contributed by atoms with van der Waals surface area (Å²) in [6.07, 6.45) is 1.85. The van der Waals surface area contributed by atoms with Gasteiger partial charge in [0.25, 0.3) is 0 Å². The molecule has 2 heteroatoms. The van der Waals surface area contributed by atoms with Crippen LogP contribution < -0.4 is 4.90 Å². The summed E-state index contributed by atoms with van der Waals surface area (Å²) in [6.45, 7) is 5.38. The minimum absolute atomic E-state index is 0.750. The maximum Gasteiger partial charge on any atom is 0.0637 e. The minimum atomic E-state index is 0.750. The first-order chi connectivity index (χ1) is 6.77. The highest BCUT2D eigenvalue weighted by atomic mass is 16.5. The molecule has 1 aromatic rings. The van der Waals surface area contributed by atoms with Crippen molar-refractivity contribution >= 4 is 11.8 Å². The smallest absolute Gasteiger partial charge is 0.0637 e. The number of nitrogens with zero attached hydrogens (tertiary/aromatic N) is 1. The standard InChI is InChI=1S/C12H17NO/c1-4-11-5-7-12(8-6-11)13(2)9-10-14-3/h4-8H,1,9-10H2,2-3H3. The van der Waals surface area contributed by atoms with Crippen LogP contribution in [0.15, 0.2) is 30.8 Å². The van der Waals surface area contributed by atoms with Crippen LogP contribution in [0.1, 0.15) is 5.56 Å². The van der Waals surface area contributed by atoms with Crippen molar-refractivity contribution in [2.45, 2.75) is 0 Å². The predicted molar refractivity (Wildman–Crippen MR) is 61.7 cm³/mol. The lowest BCUT2D eigenvalue weighted by molar-refractivity contribution is 0.206. The molecule has 0 spiro atoms. The molecule has 0 unspecified atom stereocenters. The lowest BCUT2D eigenvalue weighted by Crippen LogP contribution is -2.21. The van der Waals surface area contributed by atoms with E-state index in [0.29, 0.717) is 0 Å². The SMILES string of the molecule is C=Cc1ccc(N(C)CCOC)cc1. The van der Waals surface area contributed by atoms with Gasteiger partial charge in [-0.05, 0) is 17.7 Å². The molecular formula is C12H17NO. The molecule has 14 heavy (non-hydrogen) atoms. The van der Waals surface area contributed by atoms with Gasteiger partial charge in [0.15, 0.2) is 0 Å². The van der Waals surface area contributed by atoms with E-state index >= 15 is 0 Å². The minimum Gasteiger partial charge on any atom is -0.383 e. The van der Waals surface area contributed by atoms with Crippen LogP contribution in [0.4, 0.5) is 5.69 Å². The molecule has 1 aromatic carbocycles. The van der Waals surface area contributed by atoms with E-state index in [9.17, 15) is 0 Å². The zero-order valence-corrected chi connectivity index (χ0v) is 8.86. The number of rotatable bonds is 5. The second kappa shape index (κ2) is 5.45. The summed E-state index contributed by atoms with van der Waals surface area (Å²) in [5, 5.41) is 0. The molecule has 1 rings (SSSR count). The van der Waals surface area contributed by atoms with Crippen LogP contribution >= 0.6 is 0 Å². The van der Waals surface area contributed by atoms with Crippen molar-refractivity contribution in [1.29, 1.82) is 0 Å². The zero-order valence-electron chi connectivity index (χ0n) is 8.86. The summed E-state index contributed by atoms with van der Waals surface area (Å²) in [6, 6.07) is 8.30. The summed E-state index contributed by atoms with van der Waals surface area (Å²) in [5.41, 5.74) is 2.35. The molecule has 0 aliphatic heterocycles. The molecule has 0 N–H and O–H groups in total. The summed E-state index contributed by atoms with van der Waals surface area (Å²) >= 11 is 0. The lowest BCUT2D eigenvalue weighted by Gasteiger charge is -2.18. The van der Waals surface area contributed by atoms with E-state index in [-0.39, 0.29) is 0 Å². The summed E-state index contributed by atoms with van der Waals surface area (Å²) < 4.78 is 5.02. The highest BCUT2D eigenvalue weighted by Crippen LogP contribution is 2.13. The monoisotopic (exact) mass is 191 g/mol. The van der Waals surface area contributed by atoms with Gasteiger partial charge in [-0.25, -0.2) is 0 Å². The van der Waals surface area contributed by atoms with Crippen LogP contribution in [0.3, 0.4) is 0 Å². The van der Waals surface area contributed by atoms with Crippen LogP contribution in [0.2, 0.25) is 0 Å². The topological polar surface area (TPSA) is 12.5 Å². The molecule has 2 nitrogen and oxygen atoms in total. The third kappa shape index (κ3) is 2.89. The van der Waals surface area contributed by atoms with Gasteiger partial charge in [-0.1, -0.05) is 24.8 Å². The van der Waals surface area contributed by atoms with E-state index in [1.54, 1.807) is 7.11 Å². The number of likely N-dealkylation sites (N-methyl/N-ethyl adjacent to an activating group) is 1. The van der Waals surface area contributed by atoms with E-state index in [1.807, 2.05) is 6.08 Å². The summed E-state index contributed by atoms with van der Waals surface area (Å²) in [7, 11) is 3.77. The van der Waals surface area contributed by atoms with Crippen LogP contribution in [-0.2, 0) is 4.74 Å². The first-order valence-electron chi connectivity index (χ1n) is 4.70. The van der Waals surface area contributed by atoms with Crippen LogP contribution in [0, 0.1) is 0 Å². The van der Waals surface area contributed by atoms with Gasteiger partial charge in [-0.3, -0.25) is 0 Å². The van der Waals surface area contributed by atoms with E-state index in [0.717, 1.165) is 18.7 Å². The zero-order chi connectivity index (χ0) is 10.4. The van der Waals surface area contributed by atoms with Crippen molar-refractivity contribution in [3.05, 3.63) is 36.4 Å². The third-order valence-corrected chi connectivity index (χ3v) is 2.20. The average molecular weight is 191 g/mol. The molecule has 0 atom stereocenters. The summed E-state index contributed by atoms with van der Waals surface area (Å²) in [5.74, 6) is 0. The fraction of sp³-hybridized carbons (Fsp3) is 0.333. The Morgan fingerprint density at radius 1 is 1.36 bits per heavy atom. The number of benzene rings is 1. The highest BCUT2D eigenvalue weighted by molar-refractivity contribution is 5.54. The average Bonchev–Trinajstić information content (AvgIpc) is 2.26. The second-order valence-electron chi connectivity index (χ2n) is 3.21. The van der Waals surface area contributed by atoms with Gasteiger partial charge in [-0.15, -0.1) is 0 Å². The van der Waals surface area contributed by atoms with E-state index in [1.165, 1.54) is 5.69 Å². The van der Waals surface area contributed by atoms with Crippen LogP contribution in [0.5, 0.6) is 0 Å². The van der Waals surface area contributed by atoms with Gasteiger partial charge in [0.2, 0.25) is 0 Å². The lowest BCUT2D eigenvalue weighted by atomic mass is 10.2. The Labute approximate surface area is 85.8 Å². The van der Waals surface area contributed by atoms with Gasteiger partial charge in [0, 0.05) is 26.4 Å². The van der Waals surface area contributed by atoms with E-state index in [4.69, 9.17) is 4.74 Å². The Balaban J connectivity index is 2.61. The van der Waals surface area contributed by atoms with Crippen molar-refractivity contribution in [3.8, 4) is 0 Å². The van der Waals surface area contributed by atoms with Crippen molar-refractivity contribution in [1.82, 2.24) is 0 Å². The molecule has 0 aromatic heterocycles. The Kier molecular flexibility index (Phi) is 4.20. The second-order valence-corrected chi connectivity index (χ2v) is 3.21.